The minimum Gasteiger partial charge on any atom is -0.489 e. The predicted molar refractivity (Wildman–Crippen MR) is 105 cm³/mol. The number of rotatable bonds is 7. The number of benzene rings is 2. The molecule has 28 heavy (non-hydrogen) atoms. The molecule has 0 unspecified atom stereocenters. The van der Waals surface area contributed by atoms with Gasteiger partial charge in [-0.2, -0.15) is 13.2 Å². The maximum atomic E-state index is 13.6. The van der Waals surface area contributed by atoms with Crippen LogP contribution in [0.1, 0.15) is 49.4 Å². The monoisotopic (exact) mass is 393 g/mol. The fourth-order valence-corrected chi connectivity index (χ4v) is 3.16. The molecule has 0 aliphatic carbocycles. The Kier molecular flexibility index (Phi) is 7.11. The molecule has 0 fully saturated rings. The third-order valence-corrected chi connectivity index (χ3v) is 4.69. The first-order valence-electron chi connectivity index (χ1n) is 9.44. The first-order chi connectivity index (χ1) is 13.2. The molecular weight excluding hydrogens is 367 g/mol. The topological polar surface area (TPSA) is 29.5 Å². The van der Waals surface area contributed by atoms with E-state index in [1.807, 2.05) is 26.0 Å². The van der Waals surface area contributed by atoms with E-state index in [4.69, 9.17) is 4.74 Å². The number of carbonyl (C=O) groups is 1. The van der Waals surface area contributed by atoms with Gasteiger partial charge in [-0.05, 0) is 49.6 Å². The van der Waals surface area contributed by atoms with Crippen molar-refractivity contribution < 1.29 is 22.7 Å². The smallest absolute Gasteiger partial charge is 0.416 e. The van der Waals surface area contributed by atoms with E-state index in [0.717, 1.165) is 23.6 Å². The Morgan fingerprint density at radius 3 is 2.36 bits per heavy atom. The van der Waals surface area contributed by atoms with Crippen molar-refractivity contribution in [2.45, 2.75) is 53.3 Å². The standard InChI is InChI=1S/C22H26F3NO2/c1-5-16-11-12-20(15(4)13-16)28-14-17-18(22(23,24)25)9-8-10-19(17)26(7-3)21(27)6-2/h8-13H,5-7,14H2,1-4H3. The lowest BCUT2D eigenvalue weighted by molar-refractivity contribution is -0.138. The molecule has 0 aliphatic rings. The fraction of sp³-hybridized carbons (Fsp3) is 0.409. The lowest BCUT2D eigenvalue weighted by Crippen LogP contribution is -2.31. The second kappa shape index (κ2) is 9.13. The van der Waals surface area contributed by atoms with Gasteiger partial charge >= 0.3 is 6.18 Å². The van der Waals surface area contributed by atoms with Crippen molar-refractivity contribution >= 4 is 11.6 Å². The van der Waals surface area contributed by atoms with Crippen LogP contribution in [0.2, 0.25) is 0 Å². The molecule has 0 aliphatic heterocycles. The summed E-state index contributed by atoms with van der Waals surface area (Å²) < 4.78 is 46.6. The zero-order valence-electron chi connectivity index (χ0n) is 16.7. The van der Waals surface area contributed by atoms with Crippen LogP contribution in [-0.4, -0.2) is 12.5 Å². The highest BCUT2D eigenvalue weighted by molar-refractivity contribution is 5.94. The molecule has 0 aromatic heterocycles. The normalized spacial score (nSPS) is 11.4. The van der Waals surface area contributed by atoms with E-state index in [0.29, 0.717) is 5.75 Å². The molecule has 0 spiro atoms. The minimum atomic E-state index is -4.54. The van der Waals surface area contributed by atoms with Gasteiger partial charge in [-0.25, -0.2) is 0 Å². The van der Waals surface area contributed by atoms with Gasteiger partial charge in [0.15, 0.2) is 0 Å². The maximum absolute atomic E-state index is 13.6. The van der Waals surface area contributed by atoms with Gasteiger partial charge in [-0.3, -0.25) is 4.79 Å². The van der Waals surface area contributed by atoms with Gasteiger partial charge in [0.1, 0.15) is 12.4 Å². The summed E-state index contributed by atoms with van der Waals surface area (Å²) in [7, 11) is 0. The van der Waals surface area contributed by atoms with Crippen molar-refractivity contribution in [2.75, 3.05) is 11.4 Å². The Bertz CT molecular complexity index is 831. The second-order valence-corrected chi connectivity index (χ2v) is 6.53. The molecule has 0 atom stereocenters. The number of hydrogen-bond acceptors (Lipinski definition) is 2. The largest absolute Gasteiger partial charge is 0.489 e. The molecule has 1 amide bonds. The lowest BCUT2D eigenvalue weighted by atomic mass is 10.0. The molecule has 2 aromatic rings. The first-order valence-corrected chi connectivity index (χ1v) is 9.44. The second-order valence-electron chi connectivity index (χ2n) is 6.53. The number of carbonyl (C=O) groups excluding carboxylic acids is 1. The zero-order chi connectivity index (χ0) is 20.9. The quantitative estimate of drug-likeness (QED) is 0.584. The van der Waals surface area contributed by atoms with E-state index in [1.165, 1.54) is 17.0 Å². The molecule has 0 bridgehead atoms. The highest BCUT2D eigenvalue weighted by Crippen LogP contribution is 2.37. The van der Waals surface area contributed by atoms with Crippen molar-refractivity contribution in [2.24, 2.45) is 0 Å². The Hall–Kier alpha value is -2.50. The predicted octanol–water partition coefficient (Wildman–Crippen LogP) is 5.92. The average Bonchev–Trinajstić information content (AvgIpc) is 2.66. The zero-order valence-corrected chi connectivity index (χ0v) is 16.7. The molecule has 2 aromatic carbocycles. The molecule has 0 saturated heterocycles. The molecule has 0 heterocycles. The average molecular weight is 393 g/mol. The summed E-state index contributed by atoms with van der Waals surface area (Å²) in [5, 5.41) is 0. The van der Waals surface area contributed by atoms with Crippen molar-refractivity contribution in [3.63, 3.8) is 0 Å². The molecular formula is C22H26F3NO2. The molecule has 0 radical (unpaired) electrons. The van der Waals surface area contributed by atoms with E-state index in [1.54, 1.807) is 19.9 Å². The summed E-state index contributed by atoms with van der Waals surface area (Å²) in [6.07, 6.45) is -3.46. The highest BCUT2D eigenvalue weighted by atomic mass is 19.4. The van der Waals surface area contributed by atoms with E-state index in [2.05, 4.69) is 0 Å². The van der Waals surface area contributed by atoms with E-state index in [-0.39, 0.29) is 36.7 Å². The molecule has 0 saturated carbocycles. The van der Waals surface area contributed by atoms with Crippen LogP contribution in [0.3, 0.4) is 0 Å². The van der Waals surface area contributed by atoms with Crippen LogP contribution in [0.5, 0.6) is 5.75 Å². The summed E-state index contributed by atoms with van der Waals surface area (Å²) in [6, 6.07) is 9.54. The van der Waals surface area contributed by atoms with Crippen LogP contribution in [-0.2, 0) is 24.0 Å². The van der Waals surface area contributed by atoms with E-state index < -0.39 is 11.7 Å². The number of halogens is 3. The van der Waals surface area contributed by atoms with Gasteiger partial charge in [0.25, 0.3) is 0 Å². The Morgan fingerprint density at radius 2 is 1.82 bits per heavy atom. The maximum Gasteiger partial charge on any atom is 0.416 e. The number of nitrogens with zero attached hydrogens (tertiary/aromatic N) is 1. The van der Waals surface area contributed by atoms with Gasteiger partial charge in [-0.15, -0.1) is 0 Å². The van der Waals surface area contributed by atoms with Gasteiger partial charge in [-0.1, -0.05) is 32.0 Å². The van der Waals surface area contributed by atoms with Crippen LogP contribution in [0, 0.1) is 6.92 Å². The highest BCUT2D eigenvalue weighted by Gasteiger charge is 2.35. The number of amides is 1. The van der Waals surface area contributed by atoms with Gasteiger partial charge in [0.05, 0.1) is 11.3 Å². The number of alkyl halides is 3. The summed E-state index contributed by atoms with van der Waals surface area (Å²) >= 11 is 0. The summed E-state index contributed by atoms with van der Waals surface area (Å²) in [4.78, 5) is 13.6. The number of aryl methyl sites for hydroxylation is 2. The molecule has 2 rings (SSSR count). The van der Waals surface area contributed by atoms with Gasteiger partial charge in [0, 0.05) is 18.5 Å². The minimum absolute atomic E-state index is 0.0300. The summed E-state index contributed by atoms with van der Waals surface area (Å²) in [5.74, 6) is 0.302. The van der Waals surface area contributed by atoms with E-state index in [9.17, 15) is 18.0 Å². The lowest BCUT2D eigenvalue weighted by Gasteiger charge is -2.26. The molecule has 3 nitrogen and oxygen atoms in total. The third-order valence-electron chi connectivity index (χ3n) is 4.69. The van der Waals surface area contributed by atoms with Crippen molar-refractivity contribution in [3.8, 4) is 5.75 Å². The number of hydrogen-bond donors (Lipinski definition) is 0. The first kappa shape index (κ1) is 21.8. The molecule has 0 N–H and O–H groups in total. The number of anilines is 1. The van der Waals surface area contributed by atoms with Gasteiger partial charge in [0.2, 0.25) is 5.91 Å². The fourth-order valence-electron chi connectivity index (χ4n) is 3.16. The van der Waals surface area contributed by atoms with Gasteiger partial charge < -0.3 is 9.64 Å². The molecule has 6 heteroatoms. The summed E-state index contributed by atoms with van der Waals surface area (Å²) in [6.45, 7) is 7.34. The number of ether oxygens (including phenoxy) is 1. The Balaban J connectivity index is 2.46. The van der Waals surface area contributed by atoms with Crippen molar-refractivity contribution in [1.82, 2.24) is 0 Å². The molecule has 152 valence electrons. The van der Waals surface area contributed by atoms with Crippen molar-refractivity contribution in [1.29, 1.82) is 0 Å². The van der Waals surface area contributed by atoms with Crippen LogP contribution in [0.25, 0.3) is 0 Å². The van der Waals surface area contributed by atoms with E-state index >= 15 is 0 Å². The van der Waals surface area contributed by atoms with Crippen LogP contribution >= 0.6 is 0 Å². The Labute approximate surface area is 164 Å². The summed E-state index contributed by atoms with van der Waals surface area (Å²) in [5.41, 5.74) is 1.43. The van der Waals surface area contributed by atoms with Crippen LogP contribution in [0.4, 0.5) is 18.9 Å². The third kappa shape index (κ3) is 4.86. The Morgan fingerprint density at radius 1 is 1.11 bits per heavy atom. The van der Waals surface area contributed by atoms with Crippen LogP contribution in [0.15, 0.2) is 36.4 Å². The SMILES string of the molecule is CCC(=O)N(CC)c1cccc(C(F)(F)F)c1COc1ccc(CC)cc1C. The van der Waals surface area contributed by atoms with Crippen molar-refractivity contribution in [3.05, 3.63) is 58.7 Å². The van der Waals surface area contributed by atoms with Crippen LogP contribution < -0.4 is 9.64 Å².